The summed E-state index contributed by atoms with van der Waals surface area (Å²) >= 11 is 0. The van der Waals surface area contributed by atoms with Crippen LogP contribution in [0.5, 0.6) is 0 Å². The Hall–Kier alpha value is -5.88. The number of rotatable bonds is 8. The molecular weight excluding hydrogens is 933 g/mol. The van der Waals surface area contributed by atoms with Gasteiger partial charge < -0.3 is 19.8 Å². The van der Waals surface area contributed by atoms with Gasteiger partial charge in [0.1, 0.15) is 0 Å². The van der Waals surface area contributed by atoms with E-state index in [0.29, 0.717) is 12.0 Å². The average molecular weight is 986 g/mol. The number of hydrogen-bond acceptors (Lipinski definition) is 5. The van der Waals surface area contributed by atoms with Crippen molar-refractivity contribution in [1.82, 2.24) is 9.55 Å². The van der Waals surface area contributed by atoms with Crippen LogP contribution in [0.3, 0.4) is 0 Å². The molecule has 9 rings (SSSR count). The van der Waals surface area contributed by atoms with E-state index in [1.54, 1.807) is 0 Å². The van der Waals surface area contributed by atoms with E-state index in [-0.39, 0.29) is 48.6 Å². The molecule has 3 unspecified atom stereocenters. The largest absolute Gasteiger partial charge is 0.512 e. The van der Waals surface area contributed by atoms with Gasteiger partial charge >= 0.3 is 0 Å². The molecule has 6 nitrogen and oxygen atoms in total. The van der Waals surface area contributed by atoms with Crippen LogP contribution in [0.25, 0.3) is 44.2 Å². The van der Waals surface area contributed by atoms with E-state index in [9.17, 15) is 9.59 Å². The van der Waals surface area contributed by atoms with Crippen molar-refractivity contribution in [2.24, 2.45) is 0 Å². The summed E-state index contributed by atoms with van der Waals surface area (Å²) in [5.74, 6) is 0.342. The quantitative estimate of drug-likeness (QED) is 0.0899. The Bertz CT molecular complexity index is 2680. The van der Waals surface area contributed by atoms with Gasteiger partial charge in [-0.25, -0.2) is 0 Å². The molecule has 2 N–H and O–H groups in total. The van der Waals surface area contributed by atoms with Gasteiger partial charge in [-0.1, -0.05) is 97.9 Å². The van der Waals surface area contributed by atoms with Gasteiger partial charge in [0.2, 0.25) is 0 Å². The number of aliphatic hydroxyl groups excluding tert-OH is 2. The van der Waals surface area contributed by atoms with Crippen LogP contribution in [0.1, 0.15) is 94.2 Å². The van der Waals surface area contributed by atoms with Crippen molar-refractivity contribution in [3.05, 3.63) is 185 Å². The summed E-state index contributed by atoms with van der Waals surface area (Å²) in [5.41, 5.74) is 14.8. The predicted octanol–water partition coefficient (Wildman–Crippen LogP) is 12.9. The average Bonchev–Trinajstić information content (AvgIpc) is 3.87. The number of carbonyl (C=O) groups is 2. The van der Waals surface area contributed by atoms with E-state index >= 15 is 0 Å². The van der Waals surface area contributed by atoms with Crippen molar-refractivity contribution < 1.29 is 39.9 Å². The van der Waals surface area contributed by atoms with Crippen LogP contribution in [0.4, 0.5) is 0 Å². The molecule has 2 aliphatic rings. The van der Waals surface area contributed by atoms with E-state index < -0.39 is 0 Å². The van der Waals surface area contributed by atoms with Crippen molar-refractivity contribution >= 4 is 33.4 Å². The fourth-order valence-corrected chi connectivity index (χ4v) is 9.46. The monoisotopic (exact) mass is 986 g/mol. The molecular formula is C54H53IrN2O4-. The molecule has 0 amide bonds. The van der Waals surface area contributed by atoms with Crippen molar-refractivity contribution in [1.29, 1.82) is 0 Å². The second-order valence-corrected chi connectivity index (χ2v) is 16.3. The summed E-state index contributed by atoms with van der Waals surface area (Å²) in [6, 6.07) is 49.0. The maximum Gasteiger partial charge on any atom is 0.155 e. The standard InChI is InChI=1S/C44H37N2.2C5H8O2.Ir/c1-3-30(24-29(2)46-42-17-8-5-13-37(42)38-14-6-9-18-43(38)46)31-21-22-36-35-12-4-7-15-39(35)44(40(36)26-31)27-33-20-19-32(25-34(33)28-44)41-16-10-11-23-45-41;2*1-4(6)3-5(2)7;/h4-18,20-23,25-26,29-30H,3,24,27-28H2,1-2H3;2*3,6H,1-2H3;/q-1;;;/b;2*4-3-;. The van der Waals surface area contributed by atoms with Gasteiger partial charge in [0.25, 0.3) is 0 Å². The van der Waals surface area contributed by atoms with Crippen molar-refractivity contribution in [3.63, 3.8) is 0 Å². The second kappa shape index (κ2) is 19.2. The van der Waals surface area contributed by atoms with Crippen molar-refractivity contribution in [2.75, 3.05) is 0 Å². The molecule has 3 atom stereocenters. The Labute approximate surface area is 373 Å². The van der Waals surface area contributed by atoms with Crippen LogP contribution in [0.2, 0.25) is 0 Å². The first kappa shape index (κ1) is 44.7. The normalized spacial score (nSPS) is 16.0. The van der Waals surface area contributed by atoms with Gasteiger partial charge in [-0.15, -0.1) is 34.9 Å². The fraction of sp³-hybridized carbons (Fsp3) is 0.241. The van der Waals surface area contributed by atoms with Gasteiger partial charge in [0.05, 0.1) is 11.5 Å². The first-order valence-corrected chi connectivity index (χ1v) is 20.8. The number of ketones is 2. The molecule has 1 spiro atoms. The third-order valence-corrected chi connectivity index (χ3v) is 11.8. The smallest absolute Gasteiger partial charge is 0.155 e. The number of hydrogen-bond donors (Lipinski definition) is 2. The number of aromatic nitrogens is 2. The van der Waals surface area contributed by atoms with E-state index in [1.807, 2.05) is 12.3 Å². The number of benzene rings is 5. The topological polar surface area (TPSA) is 92.4 Å². The van der Waals surface area contributed by atoms with Gasteiger partial charge in [-0.3, -0.25) is 9.59 Å². The number of nitrogens with zero attached hydrogens (tertiary/aromatic N) is 2. The molecule has 7 heteroatoms. The summed E-state index contributed by atoms with van der Waals surface area (Å²) in [6.07, 6.45) is 8.45. The van der Waals surface area contributed by atoms with E-state index in [4.69, 9.17) is 10.2 Å². The third kappa shape index (κ3) is 9.39. The Morgan fingerprint density at radius 2 is 1.31 bits per heavy atom. The zero-order valence-corrected chi connectivity index (χ0v) is 38.1. The Kier molecular flexibility index (Phi) is 14.1. The number of aliphatic hydroxyl groups is 2. The fourth-order valence-electron chi connectivity index (χ4n) is 9.46. The summed E-state index contributed by atoms with van der Waals surface area (Å²) < 4.78 is 2.58. The summed E-state index contributed by atoms with van der Waals surface area (Å²) in [6.45, 7) is 10.5. The molecule has 0 fully saturated rings. The predicted molar refractivity (Wildman–Crippen MR) is 245 cm³/mol. The van der Waals surface area contributed by atoms with Crippen LogP contribution in [-0.2, 0) is 48.0 Å². The number of allylic oxidation sites excluding steroid dienone is 4. The maximum atomic E-state index is 10.0. The van der Waals surface area contributed by atoms with E-state index in [1.165, 1.54) is 101 Å². The molecule has 7 aromatic rings. The summed E-state index contributed by atoms with van der Waals surface area (Å²) in [7, 11) is 0. The molecule has 2 heterocycles. The molecule has 1 radical (unpaired) electrons. The Morgan fingerprint density at radius 1 is 0.738 bits per heavy atom. The molecule has 0 saturated carbocycles. The number of carbonyl (C=O) groups excluding carboxylic acids is 2. The first-order valence-electron chi connectivity index (χ1n) is 20.8. The number of pyridine rings is 1. The maximum absolute atomic E-state index is 10.0. The number of fused-ring (bicyclic) bond motifs is 9. The van der Waals surface area contributed by atoms with Crippen molar-refractivity contribution in [2.45, 2.75) is 84.6 Å². The minimum absolute atomic E-state index is 0. The molecule has 313 valence electrons. The van der Waals surface area contributed by atoms with Crippen LogP contribution < -0.4 is 0 Å². The molecule has 2 aliphatic carbocycles. The van der Waals surface area contributed by atoms with Crippen LogP contribution in [0, 0.1) is 6.07 Å². The van der Waals surface area contributed by atoms with E-state index in [0.717, 1.165) is 36.9 Å². The molecule has 0 saturated heterocycles. The second-order valence-electron chi connectivity index (χ2n) is 16.3. The van der Waals surface area contributed by atoms with E-state index in [2.05, 4.69) is 145 Å². The van der Waals surface area contributed by atoms with Gasteiger partial charge in [-0.05, 0) is 118 Å². The van der Waals surface area contributed by atoms with Gasteiger partial charge in [0.15, 0.2) is 11.6 Å². The SMILES string of the molecule is CC(=O)/C=C(/C)O.CC(=O)/C=C(/C)O.CCC(CC(C)n1c2ccccc2c2ccccc21)c1ccc2c(c1)C1(Cc3c[c-]c(-c4ccccn4)cc3C1)c1ccccc1-2.[Ir]. The summed E-state index contributed by atoms with van der Waals surface area (Å²) in [5, 5.41) is 19.4. The zero-order chi connectivity index (χ0) is 42.6. The van der Waals surface area contributed by atoms with Crippen LogP contribution in [0.15, 0.2) is 151 Å². The minimum Gasteiger partial charge on any atom is -0.512 e. The van der Waals surface area contributed by atoms with Gasteiger partial charge in [0, 0.05) is 71.7 Å². The van der Waals surface area contributed by atoms with Gasteiger partial charge in [-0.2, -0.15) is 0 Å². The van der Waals surface area contributed by atoms with Crippen LogP contribution in [-0.4, -0.2) is 31.3 Å². The number of para-hydroxylation sites is 2. The molecule has 61 heavy (non-hydrogen) atoms. The Morgan fingerprint density at radius 3 is 1.89 bits per heavy atom. The summed E-state index contributed by atoms with van der Waals surface area (Å²) in [4.78, 5) is 24.7. The third-order valence-electron chi connectivity index (χ3n) is 11.8. The molecule has 0 bridgehead atoms. The minimum atomic E-state index is -0.125. The van der Waals surface area contributed by atoms with Crippen LogP contribution >= 0.6 is 0 Å². The molecule has 2 aromatic heterocycles. The van der Waals surface area contributed by atoms with Crippen molar-refractivity contribution in [3.8, 4) is 22.4 Å². The zero-order valence-electron chi connectivity index (χ0n) is 35.7. The molecule has 0 aliphatic heterocycles. The Balaban J connectivity index is 0.000000360. The molecule has 5 aromatic carbocycles. The first-order chi connectivity index (χ1) is 28.9.